The number of ether oxygens (including phenoxy) is 1. The molecule has 1 fully saturated rings. The van der Waals surface area contributed by atoms with Gasteiger partial charge in [-0.15, -0.1) is 24.8 Å². The molecule has 2 amide bonds. The van der Waals surface area contributed by atoms with Gasteiger partial charge in [0.15, 0.2) is 0 Å². The Balaban J connectivity index is 0.00000289. The number of anilines is 1. The summed E-state index contributed by atoms with van der Waals surface area (Å²) in [5, 5.41) is 6.41. The number of piperazine rings is 1. The lowest BCUT2D eigenvalue weighted by Gasteiger charge is -2.34. The number of carbonyl (C=O) groups is 2. The van der Waals surface area contributed by atoms with E-state index in [1.165, 1.54) is 5.56 Å². The quantitative estimate of drug-likeness (QED) is 0.363. The number of benzene rings is 2. The first kappa shape index (κ1) is 30.0. The largest absolute Gasteiger partial charge is 0.462 e. The fourth-order valence-corrected chi connectivity index (χ4v) is 3.76. The summed E-state index contributed by atoms with van der Waals surface area (Å²) < 4.78 is 4.99. The van der Waals surface area contributed by atoms with Crippen molar-refractivity contribution in [1.29, 1.82) is 0 Å². The molecule has 0 aliphatic carbocycles. The maximum Gasteiger partial charge on any atom is 0.338 e. The molecule has 0 bridgehead atoms. The van der Waals surface area contributed by atoms with Crippen molar-refractivity contribution in [2.75, 3.05) is 51.2 Å². The number of halogens is 3. The van der Waals surface area contributed by atoms with E-state index in [-0.39, 0.29) is 30.8 Å². The SMILES string of the molecule is CCOC(=O)c1cccc(NC(=O)NCCCN2CCN(Cc3ccc(Cl)cc3)CC2)c1.Cl.Cl. The Morgan fingerprint density at radius 1 is 1.00 bits per heavy atom. The molecule has 0 radical (unpaired) electrons. The van der Waals surface area contributed by atoms with Crippen molar-refractivity contribution in [3.05, 3.63) is 64.7 Å². The van der Waals surface area contributed by atoms with Crippen molar-refractivity contribution in [3.63, 3.8) is 0 Å². The second kappa shape index (κ2) is 15.8. The fourth-order valence-electron chi connectivity index (χ4n) is 3.64. The summed E-state index contributed by atoms with van der Waals surface area (Å²) in [5.41, 5.74) is 2.26. The molecule has 34 heavy (non-hydrogen) atoms. The van der Waals surface area contributed by atoms with Gasteiger partial charge in [-0.05, 0) is 55.8 Å². The van der Waals surface area contributed by atoms with Crippen molar-refractivity contribution in [2.24, 2.45) is 0 Å². The molecule has 2 N–H and O–H groups in total. The smallest absolute Gasteiger partial charge is 0.338 e. The molecule has 188 valence electrons. The van der Waals surface area contributed by atoms with Gasteiger partial charge in [-0.2, -0.15) is 0 Å². The average molecular weight is 532 g/mol. The van der Waals surface area contributed by atoms with Crippen molar-refractivity contribution < 1.29 is 14.3 Å². The molecule has 0 atom stereocenters. The summed E-state index contributed by atoms with van der Waals surface area (Å²) in [5.74, 6) is -0.398. The van der Waals surface area contributed by atoms with Crippen molar-refractivity contribution in [1.82, 2.24) is 15.1 Å². The first-order valence-corrected chi connectivity index (χ1v) is 11.4. The van der Waals surface area contributed by atoms with Crippen LogP contribution in [0.15, 0.2) is 48.5 Å². The second-order valence-electron chi connectivity index (χ2n) is 7.78. The van der Waals surface area contributed by atoms with Gasteiger partial charge in [-0.1, -0.05) is 29.8 Å². The Morgan fingerprint density at radius 2 is 1.68 bits per heavy atom. The second-order valence-corrected chi connectivity index (χ2v) is 8.22. The molecule has 1 aliphatic rings. The minimum absolute atomic E-state index is 0. The van der Waals surface area contributed by atoms with Gasteiger partial charge in [-0.3, -0.25) is 4.90 Å². The van der Waals surface area contributed by atoms with Gasteiger partial charge in [-0.25, -0.2) is 9.59 Å². The lowest BCUT2D eigenvalue weighted by atomic mass is 10.2. The molecular weight excluding hydrogens is 499 g/mol. The Morgan fingerprint density at radius 3 is 2.35 bits per heavy atom. The third kappa shape index (κ3) is 10.1. The third-order valence-corrected chi connectivity index (χ3v) is 5.60. The number of nitrogens with one attached hydrogen (secondary N) is 2. The number of urea groups is 1. The number of hydrogen-bond acceptors (Lipinski definition) is 5. The molecule has 2 aromatic rings. The van der Waals surface area contributed by atoms with Gasteiger partial charge in [0.2, 0.25) is 0 Å². The topological polar surface area (TPSA) is 73.9 Å². The van der Waals surface area contributed by atoms with E-state index in [0.29, 0.717) is 24.4 Å². The van der Waals surface area contributed by atoms with Gasteiger partial charge in [0.05, 0.1) is 12.2 Å². The van der Waals surface area contributed by atoms with E-state index in [1.807, 2.05) is 12.1 Å². The Kier molecular flexibility index (Phi) is 13.9. The predicted molar refractivity (Wildman–Crippen MR) is 142 cm³/mol. The fraction of sp³-hybridized carbons (Fsp3) is 0.417. The molecule has 10 heteroatoms. The highest BCUT2D eigenvalue weighted by Crippen LogP contribution is 2.13. The van der Waals surface area contributed by atoms with E-state index in [9.17, 15) is 9.59 Å². The molecule has 0 saturated carbocycles. The first-order chi connectivity index (χ1) is 15.5. The first-order valence-electron chi connectivity index (χ1n) is 11.0. The number of rotatable bonds is 9. The maximum absolute atomic E-state index is 12.1. The monoisotopic (exact) mass is 530 g/mol. The van der Waals surface area contributed by atoms with E-state index >= 15 is 0 Å². The van der Waals surface area contributed by atoms with Gasteiger partial charge in [0.1, 0.15) is 0 Å². The zero-order chi connectivity index (χ0) is 22.8. The number of nitrogens with zero attached hydrogens (tertiary/aromatic N) is 2. The Labute approximate surface area is 219 Å². The minimum Gasteiger partial charge on any atom is -0.462 e. The highest BCUT2D eigenvalue weighted by atomic mass is 35.5. The molecular formula is C24H33Cl3N4O3. The van der Waals surface area contributed by atoms with Crippen LogP contribution in [0.2, 0.25) is 5.02 Å². The molecule has 1 saturated heterocycles. The van der Waals surface area contributed by atoms with Crippen LogP contribution in [-0.2, 0) is 11.3 Å². The van der Waals surface area contributed by atoms with Crippen molar-refractivity contribution >= 4 is 54.1 Å². The van der Waals surface area contributed by atoms with Gasteiger partial charge in [0, 0.05) is 50.0 Å². The number of hydrogen-bond donors (Lipinski definition) is 2. The van der Waals surface area contributed by atoms with E-state index in [2.05, 4.69) is 32.6 Å². The zero-order valence-electron chi connectivity index (χ0n) is 19.3. The summed E-state index contributed by atoms with van der Waals surface area (Å²) in [6.45, 7) is 8.69. The highest BCUT2D eigenvalue weighted by molar-refractivity contribution is 6.30. The average Bonchev–Trinajstić information content (AvgIpc) is 2.80. The number of esters is 1. The number of amides is 2. The van der Waals surface area contributed by atoms with Crippen LogP contribution in [0, 0.1) is 0 Å². The molecule has 1 aliphatic heterocycles. The van der Waals surface area contributed by atoms with Crippen molar-refractivity contribution in [3.8, 4) is 0 Å². The van der Waals surface area contributed by atoms with Gasteiger partial charge >= 0.3 is 12.0 Å². The third-order valence-electron chi connectivity index (χ3n) is 5.35. The molecule has 0 spiro atoms. The molecule has 0 aromatic heterocycles. The summed E-state index contributed by atoms with van der Waals surface area (Å²) in [6.07, 6.45) is 0.882. The summed E-state index contributed by atoms with van der Waals surface area (Å²) >= 11 is 5.95. The Bertz CT molecular complexity index is 891. The van der Waals surface area contributed by atoms with Crippen LogP contribution in [0.4, 0.5) is 10.5 Å². The predicted octanol–water partition coefficient (Wildman–Crippen LogP) is 4.69. The van der Waals surface area contributed by atoms with Crippen molar-refractivity contribution in [2.45, 2.75) is 19.9 Å². The van der Waals surface area contributed by atoms with E-state index in [0.717, 1.165) is 50.7 Å². The summed E-state index contributed by atoms with van der Waals surface area (Å²) in [7, 11) is 0. The van der Waals surface area contributed by atoms with E-state index in [1.54, 1.807) is 31.2 Å². The van der Waals surface area contributed by atoms with Gasteiger partial charge < -0.3 is 20.3 Å². The van der Waals surface area contributed by atoms with Crippen LogP contribution in [-0.4, -0.2) is 67.7 Å². The van der Waals surface area contributed by atoms with Gasteiger partial charge in [0.25, 0.3) is 0 Å². The lowest BCUT2D eigenvalue weighted by molar-refractivity contribution is 0.0526. The van der Waals surface area contributed by atoms with Crippen LogP contribution in [0.5, 0.6) is 0 Å². The maximum atomic E-state index is 12.1. The highest BCUT2D eigenvalue weighted by Gasteiger charge is 2.16. The summed E-state index contributed by atoms with van der Waals surface area (Å²) in [4.78, 5) is 28.8. The molecule has 3 rings (SSSR count). The molecule has 1 heterocycles. The van der Waals surface area contributed by atoms with Crippen LogP contribution >= 0.6 is 36.4 Å². The standard InChI is InChI=1S/C24H31ClN4O3.2ClH/c1-2-32-23(30)20-5-3-6-22(17-20)27-24(31)26-11-4-12-28-13-15-29(16-14-28)18-19-7-9-21(25)10-8-19;;/h3,5-10,17H,2,4,11-16,18H2,1H3,(H2,26,27,31);2*1H. The van der Waals surface area contributed by atoms with E-state index < -0.39 is 5.97 Å². The number of carbonyl (C=O) groups excluding carboxylic acids is 2. The molecule has 2 aromatic carbocycles. The minimum atomic E-state index is -0.398. The Hall–Kier alpha value is -2.03. The van der Waals surface area contributed by atoms with Crippen LogP contribution in [0.3, 0.4) is 0 Å². The molecule has 7 nitrogen and oxygen atoms in total. The zero-order valence-corrected chi connectivity index (χ0v) is 21.7. The van der Waals surface area contributed by atoms with Crippen LogP contribution < -0.4 is 10.6 Å². The molecule has 0 unspecified atom stereocenters. The lowest BCUT2D eigenvalue weighted by Crippen LogP contribution is -2.46. The van der Waals surface area contributed by atoms with Crippen LogP contribution in [0.25, 0.3) is 0 Å². The van der Waals surface area contributed by atoms with Crippen LogP contribution in [0.1, 0.15) is 29.3 Å². The normalized spacial score (nSPS) is 13.8. The van der Waals surface area contributed by atoms with E-state index in [4.69, 9.17) is 16.3 Å². The summed E-state index contributed by atoms with van der Waals surface area (Å²) in [6, 6.07) is 14.5.